The molecular weight excluding hydrogens is 258 g/mol. The molecule has 0 amide bonds. The first-order valence-corrected chi connectivity index (χ1v) is 7.42. The minimum Gasteiger partial charge on any atom is -0.313 e. The maximum atomic E-state index is 4.17. The molecule has 2 aromatic rings. The lowest BCUT2D eigenvalue weighted by Gasteiger charge is -2.05. The van der Waals surface area contributed by atoms with Crippen LogP contribution in [0.25, 0.3) is 0 Å². The number of tetrazole rings is 1. The lowest BCUT2D eigenvalue weighted by molar-refractivity contribution is 0.628. The van der Waals surface area contributed by atoms with Gasteiger partial charge in [-0.15, -0.1) is 22.0 Å². The number of hydrogen-bond acceptors (Lipinski definition) is 5. The first kappa shape index (κ1) is 14.0. The number of rotatable bonds is 7. The number of hydrogen-bond donors (Lipinski definition) is 1. The number of nitrogens with one attached hydrogen (secondary N) is 1. The third-order valence-corrected chi connectivity index (χ3v) is 3.56. The molecule has 0 fully saturated rings. The molecule has 0 radical (unpaired) electrons. The lowest BCUT2D eigenvalue weighted by atomic mass is 10.2. The van der Waals surface area contributed by atoms with Crippen molar-refractivity contribution in [1.29, 1.82) is 0 Å². The molecule has 0 bridgehead atoms. The summed E-state index contributed by atoms with van der Waals surface area (Å²) >= 11 is 1.73. The van der Waals surface area contributed by atoms with Gasteiger partial charge in [0.15, 0.2) is 5.82 Å². The van der Waals surface area contributed by atoms with Crippen molar-refractivity contribution in [2.24, 2.45) is 7.05 Å². The number of aryl methyl sites for hydroxylation is 1. The maximum Gasteiger partial charge on any atom is 0.184 e. The summed E-state index contributed by atoms with van der Waals surface area (Å²) in [6, 6.07) is 8.57. The van der Waals surface area contributed by atoms with Crippen molar-refractivity contribution in [3.05, 3.63) is 35.7 Å². The third-order valence-electron chi connectivity index (χ3n) is 2.57. The molecule has 5 nitrogen and oxygen atoms in total. The number of aromatic nitrogens is 4. The summed E-state index contributed by atoms with van der Waals surface area (Å²) < 4.78 is 0. The van der Waals surface area contributed by atoms with Crippen molar-refractivity contribution in [2.45, 2.75) is 30.5 Å². The van der Waals surface area contributed by atoms with E-state index in [9.17, 15) is 0 Å². The fraction of sp³-hybridized carbons (Fsp3) is 0.462. The summed E-state index contributed by atoms with van der Waals surface area (Å²) in [6.07, 6.45) is 1.16. The zero-order valence-electron chi connectivity index (χ0n) is 11.3. The van der Waals surface area contributed by atoms with Gasteiger partial charge in [0.05, 0.1) is 12.8 Å². The van der Waals surface area contributed by atoms with Gasteiger partial charge in [0.1, 0.15) is 0 Å². The van der Waals surface area contributed by atoms with Crippen LogP contribution in [0.15, 0.2) is 29.2 Å². The van der Waals surface area contributed by atoms with Gasteiger partial charge in [0.25, 0.3) is 0 Å². The van der Waals surface area contributed by atoms with E-state index in [1.807, 2.05) is 0 Å². The first-order chi connectivity index (χ1) is 9.28. The van der Waals surface area contributed by atoms with E-state index in [1.165, 1.54) is 15.3 Å². The second-order valence-electron chi connectivity index (χ2n) is 4.31. The van der Waals surface area contributed by atoms with Crippen LogP contribution in [0.3, 0.4) is 0 Å². The van der Waals surface area contributed by atoms with E-state index in [0.29, 0.717) is 0 Å². The van der Waals surface area contributed by atoms with Gasteiger partial charge in [-0.1, -0.05) is 19.1 Å². The minimum atomic E-state index is 0.750. The Morgan fingerprint density at radius 2 is 2.26 bits per heavy atom. The highest BCUT2D eigenvalue weighted by atomic mass is 32.2. The zero-order chi connectivity index (χ0) is 13.5. The Labute approximate surface area is 117 Å². The molecule has 19 heavy (non-hydrogen) atoms. The van der Waals surface area contributed by atoms with E-state index in [-0.39, 0.29) is 0 Å². The molecule has 0 aliphatic heterocycles. The number of thioether (sulfide) groups is 1. The molecule has 0 spiro atoms. The van der Waals surface area contributed by atoms with Gasteiger partial charge >= 0.3 is 0 Å². The van der Waals surface area contributed by atoms with Crippen molar-refractivity contribution in [3.8, 4) is 0 Å². The standard InChI is InChI=1S/C13H19N5S/c1-3-7-14-9-11-5-4-6-12(8-11)19-10-13-15-17-18(2)16-13/h4-6,8,14H,3,7,9-10H2,1-2H3. The molecule has 0 aliphatic rings. The molecule has 0 aliphatic carbocycles. The molecule has 0 atom stereocenters. The molecular formula is C13H19N5S. The van der Waals surface area contributed by atoms with Gasteiger partial charge in [0, 0.05) is 11.4 Å². The van der Waals surface area contributed by atoms with Crippen molar-refractivity contribution < 1.29 is 0 Å². The van der Waals surface area contributed by atoms with Crippen molar-refractivity contribution in [2.75, 3.05) is 6.54 Å². The van der Waals surface area contributed by atoms with Gasteiger partial charge < -0.3 is 5.32 Å². The van der Waals surface area contributed by atoms with Crippen LogP contribution >= 0.6 is 11.8 Å². The van der Waals surface area contributed by atoms with Crippen molar-refractivity contribution in [1.82, 2.24) is 25.5 Å². The monoisotopic (exact) mass is 277 g/mol. The van der Waals surface area contributed by atoms with Crippen LogP contribution in [0.4, 0.5) is 0 Å². The maximum absolute atomic E-state index is 4.17. The Balaban J connectivity index is 1.87. The van der Waals surface area contributed by atoms with E-state index >= 15 is 0 Å². The Morgan fingerprint density at radius 3 is 3.00 bits per heavy atom. The van der Waals surface area contributed by atoms with Gasteiger partial charge in [0.2, 0.25) is 0 Å². The predicted molar refractivity (Wildman–Crippen MR) is 76.8 cm³/mol. The number of benzene rings is 1. The van der Waals surface area contributed by atoms with Crippen LogP contribution in [0.2, 0.25) is 0 Å². The normalized spacial score (nSPS) is 10.8. The van der Waals surface area contributed by atoms with Gasteiger partial charge in [-0.05, 0) is 35.9 Å². The Morgan fingerprint density at radius 1 is 1.37 bits per heavy atom. The molecule has 1 aromatic carbocycles. The third kappa shape index (κ3) is 4.65. The van der Waals surface area contributed by atoms with Crippen LogP contribution in [-0.4, -0.2) is 26.8 Å². The van der Waals surface area contributed by atoms with Crippen molar-refractivity contribution in [3.63, 3.8) is 0 Å². The van der Waals surface area contributed by atoms with Gasteiger partial charge in [-0.25, -0.2) is 0 Å². The largest absolute Gasteiger partial charge is 0.313 e. The molecule has 0 saturated heterocycles. The fourth-order valence-electron chi connectivity index (χ4n) is 1.68. The van der Waals surface area contributed by atoms with E-state index in [0.717, 1.165) is 31.1 Å². The minimum absolute atomic E-state index is 0.750. The lowest BCUT2D eigenvalue weighted by Crippen LogP contribution is -2.13. The summed E-state index contributed by atoms with van der Waals surface area (Å²) in [4.78, 5) is 2.73. The van der Waals surface area contributed by atoms with E-state index in [2.05, 4.69) is 51.9 Å². The summed E-state index contributed by atoms with van der Waals surface area (Å²) in [6.45, 7) is 4.15. The molecule has 0 unspecified atom stereocenters. The van der Waals surface area contributed by atoms with E-state index in [1.54, 1.807) is 18.8 Å². The van der Waals surface area contributed by atoms with Crippen LogP contribution < -0.4 is 5.32 Å². The van der Waals surface area contributed by atoms with E-state index < -0.39 is 0 Å². The smallest absolute Gasteiger partial charge is 0.184 e. The van der Waals surface area contributed by atoms with E-state index in [4.69, 9.17) is 0 Å². The second-order valence-corrected chi connectivity index (χ2v) is 5.36. The average molecular weight is 277 g/mol. The summed E-state index contributed by atoms with van der Waals surface area (Å²) in [7, 11) is 1.78. The van der Waals surface area contributed by atoms with Crippen LogP contribution in [0.1, 0.15) is 24.7 Å². The van der Waals surface area contributed by atoms with Crippen LogP contribution in [0.5, 0.6) is 0 Å². The Hall–Kier alpha value is -1.40. The van der Waals surface area contributed by atoms with Crippen LogP contribution in [-0.2, 0) is 19.3 Å². The molecule has 102 valence electrons. The summed E-state index contributed by atoms with van der Waals surface area (Å²) in [5, 5.41) is 15.4. The molecule has 2 rings (SSSR count). The quantitative estimate of drug-likeness (QED) is 0.619. The molecule has 0 saturated carbocycles. The second kappa shape index (κ2) is 7.25. The predicted octanol–water partition coefficient (Wildman–Crippen LogP) is 2.00. The summed E-state index contributed by atoms with van der Waals surface area (Å²) in [5.74, 6) is 1.52. The molecule has 6 heteroatoms. The highest BCUT2D eigenvalue weighted by Crippen LogP contribution is 2.21. The Kier molecular flexibility index (Phi) is 5.35. The summed E-state index contributed by atoms with van der Waals surface area (Å²) in [5.41, 5.74) is 1.31. The van der Waals surface area contributed by atoms with Gasteiger partial charge in [-0.2, -0.15) is 4.80 Å². The highest BCUT2D eigenvalue weighted by Gasteiger charge is 2.02. The Bertz CT molecular complexity index is 511. The average Bonchev–Trinajstić information content (AvgIpc) is 2.83. The zero-order valence-corrected chi connectivity index (χ0v) is 12.2. The molecule has 1 N–H and O–H groups in total. The highest BCUT2D eigenvalue weighted by molar-refractivity contribution is 7.98. The van der Waals surface area contributed by atoms with Crippen molar-refractivity contribution >= 4 is 11.8 Å². The topological polar surface area (TPSA) is 55.6 Å². The van der Waals surface area contributed by atoms with Crippen LogP contribution in [0, 0.1) is 0 Å². The fourth-order valence-corrected chi connectivity index (χ4v) is 2.50. The molecule has 1 heterocycles. The number of nitrogens with zero attached hydrogens (tertiary/aromatic N) is 4. The van der Waals surface area contributed by atoms with Gasteiger partial charge in [-0.3, -0.25) is 0 Å². The first-order valence-electron chi connectivity index (χ1n) is 6.43. The SMILES string of the molecule is CCCNCc1cccc(SCc2nnn(C)n2)c1. The molecule has 1 aromatic heterocycles.